The third-order valence-electron chi connectivity index (χ3n) is 3.29. The number of methoxy groups -OCH3 is 1. The Labute approximate surface area is 118 Å². The van der Waals surface area contributed by atoms with Gasteiger partial charge in [0.15, 0.2) is 0 Å². The smallest absolute Gasteiger partial charge is 0.259 e. The van der Waals surface area contributed by atoms with Gasteiger partial charge in [0.25, 0.3) is 5.91 Å². The van der Waals surface area contributed by atoms with Gasteiger partial charge in [0.05, 0.1) is 12.7 Å². The van der Waals surface area contributed by atoms with Crippen LogP contribution in [0.1, 0.15) is 21.5 Å². The van der Waals surface area contributed by atoms with Crippen LogP contribution in [0.3, 0.4) is 0 Å². The van der Waals surface area contributed by atoms with Crippen LogP contribution in [0.4, 0.5) is 11.4 Å². The number of carbonyl (C=O) groups is 1. The fraction of sp³-hybridized carbons (Fsp3) is 0.188. The maximum Gasteiger partial charge on any atom is 0.259 e. The van der Waals surface area contributed by atoms with Crippen LogP contribution in [0.2, 0.25) is 0 Å². The van der Waals surface area contributed by atoms with Crippen molar-refractivity contribution in [2.75, 3.05) is 18.2 Å². The highest BCUT2D eigenvalue weighted by molar-refractivity contribution is 6.07. The Morgan fingerprint density at radius 1 is 1.15 bits per heavy atom. The molecule has 0 saturated heterocycles. The van der Waals surface area contributed by atoms with Crippen LogP contribution in [0.25, 0.3) is 0 Å². The molecule has 20 heavy (non-hydrogen) atoms. The molecule has 2 aromatic rings. The van der Waals surface area contributed by atoms with Crippen molar-refractivity contribution in [3.05, 3.63) is 53.1 Å². The summed E-state index contributed by atoms with van der Waals surface area (Å²) in [6, 6.07) is 11.0. The van der Waals surface area contributed by atoms with Gasteiger partial charge in [-0.1, -0.05) is 18.2 Å². The van der Waals surface area contributed by atoms with E-state index in [9.17, 15) is 4.79 Å². The number of hydrogen-bond acceptors (Lipinski definition) is 3. The van der Waals surface area contributed by atoms with Crippen molar-refractivity contribution >= 4 is 17.3 Å². The van der Waals surface area contributed by atoms with Crippen LogP contribution >= 0.6 is 0 Å². The van der Waals surface area contributed by atoms with E-state index in [1.807, 2.05) is 38.1 Å². The van der Waals surface area contributed by atoms with Crippen molar-refractivity contribution in [2.45, 2.75) is 13.8 Å². The van der Waals surface area contributed by atoms with Gasteiger partial charge < -0.3 is 15.8 Å². The van der Waals surface area contributed by atoms with Gasteiger partial charge in [0, 0.05) is 16.9 Å². The van der Waals surface area contributed by atoms with Gasteiger partial charge >= 0.3 is 0 Å². The van der Waals surface area contributed by atoms with Crippen LogP contribution in [-0.4, -0.2) is 13.0 Å². The van der Waals surface area contributed by atoms with Crippen molar-refractivity contribution in [3.63, 3.8) is 0 Å². The summed E-state index contributed by atoms with van der Waals surface area (Å²) in [6.45, 7) is 3.78. The van der Waals surface area contributed by atoms with Gasteiger partial charge in [0.2, 0.25) is 0 Å². The van der Waals surface area contributed by atoms with E-state index in [0.29, 0.717) is 17.0 Å². The standard InChI is InChI=1S/C16H18N2O2/c1-10-6-4-5-7-14(10)18-16(19)12-8-9-13(17)11(2)15(12)20-3/h4-9H,17H2,1-3H3,(H,18,19). The van der Waals surface area contributed by atoms with Gasteiger partial charge in [-0.15, -0.1) is 0 Å². The lowest BCUT2D eigenvalue weighted by Crippen LogP contribution is -2.14. The maximum absolute atomic E-state index is 12.4. The molecule has 0 unspecified atom stereocenters. The average Bonchev–Trinajstić information content (AvgIpc) is 2.44. The average molecular weight is 270 g/mol. The molecule has 0 heterocycles. The molecule has 2 aromatic carbocycles. The molecule has 0 radical (unpaired) electrons. The molecule has 104 valence electrons. The first kappa shape index (κ1) is 13.9. The molecule has 2 rings (SSSR count). The second kappa shape index (κ2) is 5.65. The van der Waals surface area contributed by atoms with Crippen molar-refractivity contribution in [3.8, 4) is 5.75 Å². The number of nitrogens with one attached hydrogen (secondary N) is 1. The van der Waals surface area contributed by atoms with Crippen molar-refractivity contribution in [2.24, 2.45) is 0 Å². The third kappa shape index (κ3) is 2.59. The number of nitrogen functional groups attached to an aromatic ring is 1. The Balaban J connectivity index is 2.35. The van der Waals surface area contributed by atoms with Crippen molar-refractivity contribution in [1.29, 1.82) is 0 Å². The zero-order chi connectivity index (χ0) is 14.7. The summed E-state index contributed by atoms with van der Waals surface area (Å²) < 4.78 is 5.31. The topological polar surface area (TPSA) is 64.3 Å². The Bertz CT molecular complexity index is 651. The summed E-state index contributed by atoms with van der Waals surface area (Å²) in [5, 5.41) is 2.89. The van der Waals surface area contributed by atoms with Crippen LogP contribution in [0, 0.1) is 13.8 Å². The Kier molecular flexibility index (Phi) is 3.94. The molecule has 0 bridgehead atoms. The van der Waals surface area contributed by atoms with Crippen LogP contribution in [0.15, 0.2) is 36.4 Å². The molecular formula is C16H18N2O2. The first-order chi connectivity index (χ1) is 9.54. The number of anilines is 2. The lowest BCUT2D eigenvalue weighted by atomic mass is 10.1. The highest BCUT2D eigenvalue weighted by Crippen LogP contribution is 2.28. The molecule has 0 aliphatic carbocycles. The summed E-state index contributed by atoms with van der Waals surface area (Å²) in [4.78, 5) is 12.4. The van der Waals surface area contributed by atoms with Crippen LogP contribution in [-0.2, 0) is 0 Å². The van der Waals surface area contributed by atoms with Gasteiger partial charge in [-0.05, 0) is 37.6 Å². The van der Waals surface area contributed by atoms with E-state index in [4.69, 9.17) is 10.5 Å². The molecule has 4 nitrogen and oxygen atoms in total. The molecule has 0 fully saturated rings. The quantitative estimate of drug-likeness (QED) is 0.842. The van der Waals surface area contributed by atoms with E-state index < -0.39 is 0 Å². The van der Waals surface area contributed by atoms with Crippen molar-refractivity contribution < 1.29 is 9.53 Å². The molecule has 0 atom stereocenters. The number of aryl methyl sites for hydroxylation is 1. The Morgan fingerprint density at radius 2 is 1.85 bits per heavy atom. The molecule has 0 aliphatic rings. The highest BCUT2D eigenvalue weighted by atomic mass is 16.5. The number of para-hydroxylation sites is 1. The summed E-state index contributed by atoms with van der Waals surface area (Å²) in [5.74, 6) is 0.301. The summed E-state index contributed by atoms with van der Waals surface area (Å²) in [6.07, 6.45) is 0. The first-order valence-corrected chi connectivity index (χ1v) is 6.34. The normalized spacial score (nSPS) is 10.2. The molecule has 1 amide bonds. The zero-order valence-electron chi connectivity index (χ0n) is 11.9. The van der Waals surface area contributed by atoms with E-state index in [0.717, 1.165) is 16.8 Å². The first-order valence-electron chi connectivity index (χ1n) is 6.34. The van der Waals surface area contributed by atoms with Gasteiger partial charge in [-0.25, -0.2) is 0 Å². The van der Waals surface area contributed by atoms with Gasteiger partial charge in [-0.2, -0.15) is 0 Å². The number of amides is 1. The summed E-state index contributed by atoms with van der Waals surface area (Å²) >= 11 is 0. The Morgan fingerprint density at radius 3 is 2.50 bits per heavy atom. The second-order valence-electron chi connectivity index (χ2n) is 4.63. The van der Waals surface area contributed by atoms with Crippen LogP contribution in [0.5, 0.6) is 5.75 Å². The molecule has 3 N–H and O–H groups in total. The molecule has 0 saturated carbocycles. The number of nitrogens with two attached hydrogens (primary N) is 1. The lowest BCUT2D eigenvalue weighted by molar-refractivity contribution is 0.102. The highest BCUT2D eigenvalue weighted by Gasteiger charge is 2.16. The minimum atomic E-state index is -0.209. The van der Waals surface area contributed by atoms with Crippen molar-refractivity contribution in [1.82, 2.24) is 0 Å². The van der Waals surface area contributed by atoms with E-state index >= 15 is 0 Å². The second-order valence-corrected chi connectivity index (χ2v) is 4.63. The predicted octanol–water partition coefficient (Wildman–Crippen LogP) is 3.15. The lowest BCUT2D eigenvalue weighted by Gasteiger charge is -2.14. The monoisotopic (exact) mass is 270 g/mol. The van der Waals surface area contributed by atoms with Gasteiger partial charge in [0.1, 0.15) is 5.75 Å². The fourth-order valence-electron chi connectivity index (χ4n) is 2.05. The number of rotatable bonds is 3. The maximum atomic E-state index is 12.4. The fourth-order valence-corrected chi connectivity index (χ4v) is 2.05. The molecule has 4 heteroatoms. The number of hydrogen-bond donors (Lipinski definition) is 2. The van der Waals surface area contributed by atoms with E-state index in [1.54, 1.807) is 12.1 Å². The molecule has 0 aromatic heterocycles. The SMILES string of the molecule is COc1c(C(=O)Nc2ccccc2C)ccc(N)c1C. The minimum Gasteiger partial charge on any atom is -0.496 e. The molecule has 0 aliphatic heterocycles. The van der Waals surface area contributed by atoms with Crippen LogP contribution < -0.4 is 15.8 Å². The van der Waals surface area contributed by atoms with Gasteiger partial charge in [-0.3, -0.25) is 4.79 Å². The Hall–Kier alpha value is -2.49. The number of ether oxygens (including phenoxy) is 1. The van der Waals surface area contributed by atoms with E-state index in [1.165, 1.54) is 7.11 Å². The largest absolute Gasteiger partial charge is 0.496 e. The number of carbonyl (C=O) groups excluding carboxylic acids is 1. The summed E-state index contributed by atoms with van der Waals surface area (Å²) in [7, 11) is 1.53. The summed E-state index contributed by atoms with van der Waals surface area (Å²) in [5.41, 5.74) is 9.47. The van der Waals surface area contributed by atoms with E-state index in [-0.39, 0.29) is 5.91 Å². The number of benzene rings is 2. The third-order valence-corrected chi connectivity index (χ3v) is 3.29. The zero-order valence-corrected chi connectivity index (χ0v) is 11.9. The minimum absolute atomic E-state index is 0.209. The van der Waals surface area contributed by atoms with E-state index in [2.05, 4.69) is 5.32 Å². The predicted molar refractivity (Wildman–Crippen MR) is 81.3 cm³/mol. The molecular weight excluding hydrogens is 252 g/mol. The molecule has 0 spiro atoms.